The van der Waals surface area contributed by atoms with Gasteiger partial charge in [0.25, 0.3) is 0 Å². The van der Waals surface area contributed by atoms with Crippen LogP contribution in [0.25, 0.3) is 61.0 Å². The molecule has 0 saturated carbocycles. The van der Waals surface area contributed by atoms with E-state index >= 15 is 0 Å². The predicted molar refractivity (Wildman–Crippen MR) is 155 cm³/mol. The van der Waals surface area contributed by atoms with Crippen molar-refractivity contribution in [2.24, 2.45) is 0 Å². The number of aromatic nitrogens is 2. The largest absolute Gasteiger partial charge is 0.292 e. The summed E-state index contributed by atoms with van der Waals surface area (Å²) in [4.78, 5) is 5.00. The van der Waals surface area contributed by atoms with Gasteiger partial charge < -0.3 is 0 Å². The van der Waals surface area contributed by atoms with Crippen LogP contribution in [-0.4, -0.2) is 9.55 Å². The highest BCUT2D eigenvalue weighted by molar-refractivity contribution is 6.21. The van der Waals surface area contributed by atoms with Gasteiger partial charge in [0.1, 0.15) is 5.82 Å². The fraction of sp³-hybridized carbons (Fsp3) is 0. The van der Waals surface area contributed by atoms with Gasteiger partial charge in [-0.25, -0.2) is 4.98 Å². The van der Waals surface area contributed by atoms with Gasteiger partial charge in [0.05, 0.1) is 11.9 Å². The number of imidazole rings is 1. The minimum absolute atomic E-state index is 0.932. The van der Waals surface area contributed by atoms with Crippen molar-refractivity contribution < 1.29 is 0 Å². The third-order valence-electron chi connectivity index (χ3n) is 7.06. The molecule has 0 unspecified atom stereocenters. The average molecular weight is 473 g/mol. The highest BCUT2D eigenvalue weighted by Gasteiger charge is 2.21. The van der Waals surface area contributed by atoms with E-state index in [2.05, 4.69) is 138 Å². The molecule has 0 spiro atoms. The van der Waals surface area contributed by atoms with Crippen molar-refractivity contribution in [3.8, 4) is 39.5 Å². The number of hydrogen-bond acceptors (Lipinski definition) is 1. The molecule has 0 fully saturated rings. The molecule has 0 radical (unpaired) electrons. The lowest BCUT2D eigenvalue weighted by Crippen LogP contribution is -2.01. The van der Waals surface area contributed by atoms with Gasteiger partial charge >= 0.3 is 0 Å². The van der Waals surface area contributed by atoms with Crippen LogP contribution in [0.1, 0.15) is 0 Å². The number of para-hydroxylation sites is 1. The molecule has 6 aromatic carbocycles. The minimum Gasteiger partial charge on any atom is -0.292 e. The standard InChI is InChI=1S/C35H24N2/c1-4-14-25(15-5-1)33-28-20-10-12-22-30(28)34(31-23-13-11-21-29(31)33)32-24-36-35(26-16-6-2-7-17-26)37(32)27-18-8-3-9-19-27/h1-24H. The van der Waals surface area contributed by atoms with Crippen LogP contribution in [0.5, 0.6) is 0 Å². The molecule has 0 bridgehead atoms. The van der Waals surface area contributed by atoms with Crippen LogP contribution in [0.15, 0.2) is 146 Å². The molecule has 0 amide bonds. The summed E-state index contributed by atoms with van der Waals surface area (Å²) in [7, 11) is 0. The molecular weight excluding hydrogens is 448 g/mol. The van der Waals surface area contributed by atoms with Crippen molar-refractivity contribution in [3.63, 3.8) is 0 Å². The highest BCUT2D eigenvalue weighted by Crippen LogP contribution is 2.44. The fourth-order valence-corrected chi connectivity index (χ4v) is 5.48. The first-order valence-electron chi connectivity index (χ1n) is 12.6. The Labute approximate surface area is 216 Å². The van der Waals surface area contributed by atoms with Gasteiger partial charge in [-0.05, 0) is 44.8 Å². The zero-order valence-corrected chi connectivity index (χ0v) is 20.3. The van der Waals surface area contributed by atoms with E-state index in [0.717, 1.165) is 22.8 Å². The summed E-state index contributed by atoms with van der Waals surface area (Å²) in [5.41, 5.74) is 6.95. The van der Waals surface area contributed by atoms with Crippen LogP contribution in [0.2, 0.25) is 0 Å². The quantitative estimate of drug-likeness (QED) is 0.234. The van der Waals surface area contributed by atoms with Crippen molar-refractivity contribution in [1.29, 1.82) is 0 Å². The van der Waals surface area contributed by atoms with Gasteiger partial charge in [0.15, 0.2) is 0 Å². The molecule has 37 heavy (non-hydrogen) atoms. The molecule has 0 aliphatic rings. The van der Waals surface area contributed by atoms with E-state index in [4.69, 9.17) is 4.98 Å². The van der Waals surface area contributed by atoms with Gasteiger partial charge in [-0.15, -0.1) is 0 Å². The first-order chi connectivity index (χ1) is 18.4. The van der Waals surface area contributed by atoms with E-state index < -0.39 is 0 Å². The molecule has 0 N–H and O–H groups in total. The lowest BCUT2D eigenvalue weighted by molar-refractivity contribution is 1.08. The molecule has 174 valence electrons. The summed E-state index contributed by atoms with van der Waals surface area (Å²) < 4.78 is 2.30. The topological polar surface area (TPSA) is 17.8 Å². The van der Waals surface area contributed by atoms with Crippen LogP contribution in [0.3, 0.4) is 0 Å². The summed E-state index contributed by atoms with van der Waals surface area (Å²) in [6.07, 6.45) is 2.03. The maximum absolute atomic E-state index is 5.00. The minimum atomic E-state index is 0.932. The Bertz CT molecular complexity index is 1790. The second kappa shape index (κ2) is 8.92. The second-order valence-electron chi connectivity index (χ2n) is 9.21. The van der Waals surface area contributed by atoms with Gasteiger partial charge in [0, 0.05) is 16.8 Å². The molecule has 2 heteroatoms. The van der Waals surface area contributed by atoms with Gasteiger partial charge in [-0.3, -0.25) is 4.57 Å². The first-order valence-corrected chi connectivity index (χ1v) is 12.6. The average Bonchev–Trinajstić information content (AvgIpc) is 3.42. The molecule has 2 nitrogen and oxygen atoms in total. The second-order valence-corrected chi connectivity index (χ2v) is 9.21. The van der Waals surface area contributed by atoms with Gasteiger partial charge in [-0.2, -0.15) is 0 Å². The summed E-state index contributed by atoms with van der Waals surface area (Å²) in [5, 5.41) is 4.92. The Hall–Kier alpha value is -4.95. The van der Waals surface area contributed by atoms with Crippen LogP contribution in [0, 0.1) is 0 Å². The molecular formula is C35H24N2. The van der Waals surface area contributed by atoms with E-state index in [1.54, 1.807) is 0 Å². The molecule has 1 aromatic heterocycles. The fourth-order valence-electron chi connectivity index (χ4n) is 5.48. The van der Waals surface area contributed by atoms with E-state index in [1.165, 1.54) is 38.2 Å². The lowest BCUT2D eigenvalue weighted by atomic mass is 9.87. The van der Waals surface area contributed by atoms with Crippen molar-refractivity contribution in [1.82, 2.24) is 9.55 Å². The van der Waals surface area contributed by atoms with Gasteiger partial charge in [-0.1, -0.05) is 127 Å². The van der Waals surface area contributed by atoms with Crippen molar-refractivity contribution in [2.75, 3.05) is 0 Å². The molecule has 0 saturated heterocycles. The molecule has 0 aliphatic carbocycles. The third-order valence-corrected chi connectivity index (χ3v) is 7.06. The summed E-state index contributed by atoms with van der Waals surface area (Å²) in [6.45, 7) is 0. The molecule has 0 aliphatic heterocycles. The number of benzene rings is 6. The molecule has 7 rings (SSSR count). The van der Waals surface area contributed by atoms with Crippen molar-refractivity contribution in [3.05, 3.63) is 146 Å². The SMILES string of the molecule is c1ccc(-c2c3ccccc3c(-c3cnc(-c4ccccc4)n3-c3ccccc3)c3ccccc23)cc1. The van der Waals surface area contributed by atoms with Crippen LogP contribution in [-0.2, 0) is 0 Å². The van der Waals surface area contributed by atoms with Crippen LogP contribution >= 0.6 is 0 Å². The number of rotatable bonds is 4. The number of hydrogen-bond donors (Lipinski definition) is 0. The van der Waals surface area contributed by atoms with E-state index in [0.29, 0.717) is 0 Å². The smallest absolute Gasteiger partial charge is 0.144 e. The summed E-state index contributed by atoms with van der Waals surface area (Å²) in [6, 6.07) is 49.2. The predicted octanol–water partition coefficient (Wildman–Crippen LogP) is 9.18. The lowest BCUT2D eigenvalue weighted by Gasteiger charge is -2.19. The number of nitrogens with zero attached hydrogens (tertiary/aromatic N) is 2. The maximum atomic E-state index is 5.00. The van der Waals surface area contributed by atoms with Gasteiger partial charge in [0.2, 0.25) is 0 Å². The molecule has 0 atom stereocenters. The van der Waals surface area contributed by atoms with E-state index in [9.17, 15) is 0 Å². The van der Waals surface area contributed by atoms with Crippen LogP contribution in [0.4, 0.5) is 0 Å². The van der Waals surface area contributed by atoms with Crippen molar-refractivity contribution >= 4 is 21.5 Å². The Kier molecular flexibility index (Phi) is 5.15. The Morgan fingerprint density at radius 1 is 0.405 bits per heavy atom. The molecule has 7 aromatic rings. The third kappa shape index (κ3) is 3.54. The zero-order valence-electron chi connectivity index (χ0n) is 20.3. The Morgan fingerprint density at radius 2 is 0.838 bits per heavy atom. The zero-order chi connectivity index (χ0) is 24.6. The van der Waals surface area contributed by atoms with E-state index in [1.807, 2.05) is 12.3 Å². The Balaban J connectivity index is 1.63. The first kappa shape index (κ1) is 21.3. The Morgan fingerprint density at radius 3 is 1.38 bits per heavy atom. The maximum Gasteiger partial charge on any atom is 0.144 e. The summed E-state index contributed by atoms with van der Waals surface area (Å²) >= 11 is 0. The van der Waals surface area contributed by atoms with Crippen LogP contribution < -0.4 is 0 Å². The number of fused-ring (bicyclic) bond motifs is 2. The summed E-state index contributed by atoms with van der Waals surface area (Å²) in [5.74, 6) is 0.932. The highest BCUT2D eigenvalue weighted by atomic mass is 15.1. The van der Waals surface area contributed by atoms with Crippen molar-refractivity contribution in [2.45, 2.75) is 0 Å². The molecule has 1 heterocycles. The normalized spacial score (nSPS) is 11.2. The van der Waals surface area contributed by atoms with E-state index in [-0.39, 0.29) is 0 Å². The monoisotopic (exact) mass is 472 g/mol.